The number of benzene rings is 2. The number of aryl methyl sites for hydroxylation is 1. The van der Waals surface area contributed by atoms with E-state index in [9.17, 15) is 13.2 Å². The van der Waals surface area contributed by atoms with Crippen LogP contribution in [0.1, 0.15) is 17.5 Å². The Kier molecular flexibility index (Phi) is 6.99. The van der Waals surface area contributed by atoms with Crippen molar-refractivity contribution in [1.29, 1.82) is 0 Å². The van der Waals surface area contributed by atoms with Crippen LogP contribution in [-0.4, -0.2) is 54.7 Å². The zero-order valence-electron chi connectivity index (χ0n) is 17.7. The second kappa shape index (κ2) is 10.1. The summed E-state index contributed by atoms with van der Waals surface area (Å²) in [6, 6.07) is 16.3. The van der Waals surface area contributed by atoms with Crippen molar-refractivity contribution < 1.29 is 17.9 Å². The molecule has 0 aliphatic carbocycles. The molecule has 4 rings (SSSR count). The Morgan fingerprint density at radius 1 is 1.03 bits per heavy atom. The third kappa shape index (κ3) is 5.61. The summed E-state index contributed by atoms with van der Waals surface area (Å²) in [6.45, 7) is 2.20. The highest BCUT2D eigenvalue weighted by Gasteiger charge is 2.26. The molecule has 8 nitrogen and oxygen atoms in total. The Hall–Kier alpha value is -3.01. The number of carbonyl (C=O) groups is 1. The molecule has 1 aromatic heterocycles. The van der Waals surface area contributed by atoms with Gasteiger partial charge in [0.15, 0.2) is 0 Å². The van der Waals surface area contributed by atoms with E-state index in [1.807, 2.05) is 41.2 Å². The fraction of sp³-hybridized carbons (Fsp3) is 0.304. The Balaban J connectivity index is 1.30. The Labute approximate surface area is 187 Å². The molecule has 32 heavy (non-hydrogen) atoms. The minimum atomic E-state index is -3.51. The van der Waals surface area contributed by atoms with Gasteiger partial charge in [0.05, 0.1) is 24.7 Å². The van der Waals surface area contributed by atoms with Gasteiger partial charge in [0.1, 0.15) is 0 Å². The number of carbonyl (C=O) groups excluding carboxylic acids is 1. The predicted molar refractivity (Wildman–Crippen MR) is 121 cm³/mol. The second-order valence-electron chi connectivity index (χ2n) is 7.61. The molecule has 1 saturated heterocycles. The molecule has 0 spiro atoms. The topological polar surface area (TPSA) is 93.5 Å². The van der Waals surface area contributed by atoms with E-state index in [0.29, 0.717) is 45.7 Å². The zero-order valence-corrected chi connectivity index (χ0v) is 18.5. The van der Waals surface area contributed by atoms with E-state index in [0.717, 1.165) is 16.8 Å². The van der Waals surface area contributed by atoms with Gasteiger partial charge < -0.3 is 10.1 Å². The number of sulfonamides is 1. The van der Waals surface area contributed by atoms with Crippen LogP contribution in [0.3, 0.4) is 0 Å². The van der Waals surface area contributed by atoms with Crippen molar-refractivity contribution in [1.82, 2.24) is 14.1 Å². The number of anilines is 1. The van der Waals surface area contributed by atoms with Crippen molar-refractivity contribution >= 4 is 21.6 Å². The summed E-state index contributed by atoms with van der Waals surface area (Å²) in [5.74, 6) is -0.0914. The van der Waals surface area contributed by atoms with Crippen LogP contribution in [0.2, 0.25) is 0 Å². The van der Waals surface area contributed by atoms with Gasteiger partial charge in [0, 0.05) is 37.6 Å². The van der Waals surface area contributed by atoms with Gasteiger partial charge in [-0.25, -0.2) is 8.42 Å². The molecule has 0 bridgehead atoms. The monoisotopic (exact) mass is 454 g/mol. The molecular weight excluding hydrogens is 428 g/mol. The van der Waals surface area contributed by atoms with E-state index < -0.39 is 10.0 Å². The molecule has 1 amide bonds. The molecule has 9 heteroatoms. The minimum Gasteiger partial charge on any atom is -0.379 e. The first-order valence-electron chi connectivity index (χ1n) is 10.5. The fourth-order valence-corrected chi connectivity index (χ4v) is 4.98. The van der Waals surface area contributed by atoms with Crippen LogP contribution in [0.15, 0.2) is 71.9 Å². The first-order valence-corrected chi connectivity index (χ1v) is 12.0. The summed E-state index contributed by atoms with van der Waals surface area (Å²) in [7, 11) is -3.51. The molecule has 1 fully saturated rings. The van der Waals surface area contributed by atoms with Crippen LogP contribution in [-0.2, 0) is 32.5 Å². The average molecular weight is 455 g/mol. The first kappa shape index (κ1) is 22.2. The van der Waals surface area contributed by atoms with Crippen molar-refractivity contribution in [2.75, 3.05) is 31.6 Å². The van der Waals surface area contributed by atoms with Crippen LogP contribution >= 0.6 is 0 Å². The summed E-state index contributed by atoms with van der Waals surface area (Å²) >= 11 is 0. The molecular formula is C23H26N4O4S. The molecule has 1 aliphatic rings. The summed E-state index contributed by atoms with van der Waals surface area (Å²) in [6.07, 6.45) is 4.45. The lowest BCUT2D eigenvalue weighted by Gasteiger charge is -2.26. The number of ether oxygens (including phenoxy) is 1. The second-order valence-corrected chi connectivity index (χ2v) is 9.55. The molecule has 1 aliphatic heterocycles. The number of amides is 1. The van der Waals surface area contributed by atoms with Gasteiger partial charge in [-0.15, -0.1) is 0 Å². The molecule has 1 N–H and O–H groups in total. The van der Waals surface area contributed by atoms with Crippen molar-refractivity contribution in [2.45, 2.75) is 24.3 Å². The van der Waals surface area contributed by atoms with E-state index >= 15 is 0 Å². The van der Waals surface area contributed by atoms with Crippen LogP contribution in [0, 0.1) is 0 Å². The van der Waals surface area contributed by atoms with E-state index in [1.165, 1.54) is 4.31 Å². The number of nitrogens with zero attached hydrogens (tertiary/aromatic N) is 3. The van der Waals surface area contributed by atoms with Crippen molar-refractivity contribution in [3.8, 4) is 0 Å². The summed E-state index contributed by atoms with van der Waals surface area (Å²) < 4.78 is 33.9. The molecule has 2 heterocycles. The lowest BCUT2D eigenvalue weighted by Crippen LogP contribution is -2.40. The average Bonchev–Trinajstić information content (AvgIpc) is 3.32. The molecule has 0 saturated carbocycles. The van der Waals surface area contributed by atoms with Crippen LogP contribution in [0.4, 0.5) is 5.69 Å². The molecule has 2 aromatic carbocycles. The highest BCUT2D eigenvalue weighted by Crippen LogP contribution is 2.18. The van der Waals surface area contributed by atoms with E-state index in [1.54, 1.807) is 30.5 Å². The highest BCUT2D eigenvalue weighted by atomic mass is 32.2. The number of nitrogens with one attached hydrogen (secondary N) is 1. The summed E-state index contributed by atoms with van der Waals surface area (Å²) in [5.41, 5.74) is 2.70. The van der Waals surface area contributed by atoms with Crippen molar-refractivity contribution in [3.05, 3.63) is 78.1 Å². The molecule has 0 radical (unpaired) electrons. The van der Waals surface area contributed by atoms with Gasteiger partial charge in [-0.3, -0.25) is 9.48 Å². The third-order valence-corrected chi connectivity index (χ3v) is 7.20. The Morgan fingerprint density at radius 3 is 2.53 bits per heavy atom. The quantitative estimate of drug-likeness (QED) is 0.565. The largest absolute Gasteiger partial charge is 0.379 e. The third-order valence-electron chi connectivity index (χ3n) is 5.29. The lowest BCUT2D eigenvalue weighted by atomic mass is 10.1. The molecule has 3 aromatic rings. The zero-order chi connectivity index (χ0) is 22.4. The van der Waals surface area contributed by atoms with Crippen LogP contribution in [0.5, 0.6) is 0 Å². The molecule has 0 unspecified atom stereocenters. The SMILES string of the molecule is O=C(CCc1ccc(S(=O)(=O)N2CCOCC2)cc1)Nc1cccc(Cn2cccn2)c1. The highest BCUT2D eigenvalue weighted by molar-refractivity contribution is 7.89. The number of aromatic nitrogens is 2. The van der Waals surface area contributed by atoms with E-state index in [4.69, 9.17) is 4.74 Å². The van der Waals surface area contributed by atoms with Gasteiger partial charge in [0.25, 0.3) is 0 Å². The number of rotatable bonds is 8. The van der Waals surface area contributed by atoms with E-state index in [-0.39, 0.29) is 10.8 Å². The predicted octanol–water partition coefficient (Wildman–Crippen LogP) is 2.52. The summed E-state index contributed by atoms with van der Waals surface area (Å²) in [4.78, 5) is 12.7. The minimum absolute atomic E-state index is 0.0914. The van der Waals surface area contributed by atoms with Gasteiger partial charge >= 0.3 is 0 Å². The maximum absolute atomic E-state index is 12.7. The lowest BCUT2D eigenvalue weighted by molar-refractivity contribution is -0.116. The summed E-state index contributed by atoms with van der Waals surface area (Å²) in [5, 5.41) is 7.12. The Morgan fingerprint density at radius 2 is 1.81 bits per heavy atom. The Bertz CT molecular complexity index is 1140. The van der Waals surface area contributed by atoms with E-state index in [2.05, 4.69) is 10.4 Å². The van der Waals surface area contributed by atoms with Crippen LogP contribution < -0.4 is 5.32 Å². The first-order chi connectivity index (χ1) is 15.5. The van der Waals surface area contributed by atoms with Crippen molar-refractivity contribution in [2.24, 2.45) is 0 Å². The smallest absolute Gasteiger partial charge is 0.243 e. The maximum atomic E-state index is 12.7. The number of hydrogen-bond donors (Lipinski definition) is 1. The number of hydrogen-bond acceptors (Lipinski definition) is 5. The molecule has 0 atom stereocenters. The fourth-order valence-electron chi connectivity index (χ4n) is 3.57. The van der Waals surface area contributed by atoms with Gasteiger partial charge in [0.2, 0.25) is 15.9 Å². The van der Waals surface area contributed by atoms with Gasteiger partial charge in [-0.05, 0) is 47.9 Å². The van der Waals surface area contributed by atoms with Gasteiger partial charge in [-0.1, -0.05) is 24.3 Å². The normalized spacial score (nSPS) is 14.9. The maximum Gasteiger partial charge on any atom is 0.243 e. The molecule has 168 valence electrons. The van der Waals surface area contributed by atoms with Gasteiger partial charge in [-0.2, -0.15) is 9.40 Å². The van der Waals surface area contributed by atoms with Crippen LogP contribution in [0.25, 0.3) is 0 Å². The number of morpholine rings is 1. The standard InChI is InChI=1S/C23H26N4O4S/c28-23(25-21-4-1-3-20(17-21)18-26-12-2-11-24-26)10-7-19-5-8-22(9-6-19)32(29,30)27-13-15-31-16-14-27/h1-6,8-9,11-12,17H,7,10,13-16,18H2,(H,25,28). The van der Waals surface area contributed by atoms with Crippen molar-refractivity contribution in [3.63, 3.8) is 0 Å².